The number of fused-ring (bicyclic) bond motifs is 1. The monoisotopic (exact) mass is 609 g/mol. The van der Waals surface area contributed by atoms with E-state index in [-0.39, 0.29) is 29.5 Å². The maximum Gasteiger partial charge on any atom is 0.416 e. The summed E-state index contributed by atoms with van der Waals surface area (Å²) >= 11 is 1.58. The first-order valence-corrected chi connectivity index (χ1v) is 13.9. The van der Waals surface area contributed by atoms with Crippen molar-refractivity contribution in [3.63, 3.8) is 0 Å². The quantitative estimate of drug-likeness (QED) is 0.280. The number of nitriles is 1. The number of hydrogen-bond acceptors (Lipinski definition) is 9. The molecule has 1 unspecified atom stereocenters. The molecule has 0 radical (unpaired) electrons. The van der Waals surface area contributed by atoms with E-state index in [0.717, 1.165) is 27.7 Å². The van der Waals surface area contributed by atoms with Gasteiger partial charge in [-0.05, 0) is 62.2 Å². The summed E-state index contributed by atoms with van der Waals surface area (Å²) in [5.74, 6) is -0.800. The first-order chi connectivity index (χ1) is 20.4. The Labute approximate surface area is 248 Å². The van der Waals surface area contributed by atoms with Crippen molar-refractivity contribution in [1.29, 1.82) is 5.26 Å². The van der Waals surface area contributed by atoms with Crippen molar-refractivity contribution in [3.8, 4) is 6.07 Å². The standard InChI is InChI=1S/C29H26F3N7O3S/c1-15-24(26(40)42-4)25(22-9-8-18(12-33)10-19(22)13-34-14-23-16(2)43-17(3)35-23)39-27(36-37-28(39)41)38(15)21-7-5-6-20(11-21)29(30,31)32/h5-11,25,34H,13-14H2,1-4H3,(H,37,41). The molecule has 4 aromatic rings. The number of anilines is 2. The van der Waals surface area contributed by atoms with E-state index in [1.807, 2.05) is 13.8 Å². The zero-order valence-electron chi connectivity index (χ0n) is 23.5. The second-order valence-electron chi connectivity index (χ2n) is 9.84. The third-order valence-electron chi connectivity index (χ3n) is 7.15. The van der Waals surface area contributed by atoms with Crippen LogP contribution in [0, 0.1) is 25.2 Å². The van der Waals surface area contributed by atoms with Crippen molar-refractivity contribution >= 4 is 28.9 Å². The fourth-order valence-electron chi connectivity index (χ4n) is 5.23. The molecule has 0 saturated carbocycles. The number of esters is 1. The minimum Gasteiger partial charge on any atom is -0.466 e. The summed E-state index contributed by atoms with van der Waals surface area (Å²) in [5.41, 5.74) is 1.06. The van der Waals surface area contributed by atoms with Crippen LogP contribution in [0.3, 0.4) is 0 Å². The second kappa shape index (κ2) is 11.5. The molecule has 0 spiro atoms. The van der Waals surface area contributed by atoms with Gasteiger partial charge >= 0.3 is 17.8 Å². The zero-order valence-corrected chi connectivity index (χ0v) is 24.4. The average Bonchev–Trinajstić information content (AvgIpc) is 3.51. The van der Waals surface area contributed by atoms with Crippen LogP contribution in [0.5, 0.6) is 0 Å². The molecule has 0 aliphatic carbocycles. The number of allylic oxidation sites excluding steroid dienone is 1. The van der Waals surface area contributed by atoms with Gasteiger partial charge in [-0.2, -0.15) is 18.4 Å². The van der Waals surface area contributed by atoms with Crippen LogP contribution >= 0.6 is 11.3 Å². The number of halogens is 3. The zero-order chi connectivity index (χ0) is 31.1. The lowest BCUT2D eigenvalue weighted by Gasteiger charge is -2.36. The molecule has 1 aliphatic heterocycles. The normalized spacial score (nSPS) is 14.9. The van der Waals surface area contributed by atoms with Crippen LogP contribution in [0.1, 0.15) is 50.8 Å². The summed E-state index contributed by atoms with van der Waals surface area (Å²) in [5, 5.41) is 20.4. The Bertz CT molecular complexity index is 1850. The third kappa shape index (κ3) is 5.56. The van der Waals surface area contributed by atoms with Crippen molar-refractivity contribution < 1.29 is 22.7 Å². The average molecular weight is 610 g/mol. The van der Waals surface area contributed by atoms with E-state index in [1.54, 1.807) is 36.5 Å². The lowest BCUT2D eigenvalue weighted by molar-refractivity contribution is -0.138. The highest BCUT2D eigenvalue weighted by molar-refractivity contribution is 7.11. The molecule has 222 valence electrons. The van der Waals surface area contributed by atoms with Crippen molar-refractivity contribution in [3.05, 3.63) is 102 Å². The number of benzene rings is 2. The van der Waals surface area contributed by atoms with E-state index < -0.39 is 29.4 Å². The van der Waals surface area contributed by atoms with E-state index in [1.165, 1.54) is 28.7 Å². The lowest BCUT2D eigenvalue weighted by atomic mass is 9.90. The van der Waals surface area contributed by atoms with E-state index in [9.17, 15) is 28.0 Å². The van der Waals surface area contributed by atoms with Gasteiger partial charge in [-0.15, -0.1) is 16.4 Å². The number of carbonyl (C=O) groups is 1. The minimum atomic E-state index is -4.62. The molecular formula is C29H26F3N7O3S. The molecule has 3 heterocycles. The summed E-state index contributed by atoms with van der Waals surface area (Å²) in [7, 11) is 1.18. The molecule has 0 fully saturated rings. The highest BCUT2D eigenvalue weighted by Crippen LogP contribution is 2.43. The van der Waals surface area contributed by atoms with Gasteiger partial charge in [-0.1, -0.05) is 12.1 Å². The van der Waals surface area contributed by atoms with Crippen molar-refractivity contribution in [1.82, 2.24) is 25.1 Å². The molecule has 2 aromatic heterocycles. The number of aryl methyl sites for hydroxylation is 2. The Morgan fingerprint density at radius 3 is 2.60 bits per heavy atom. The SMILES string of the molecule is COC(=O)C1=C(C)N(c2cccc(C(F)(F)F)c2)c2n[nH]c(=O)n2C1c1ccc(C#N)cc1CNCc1nc(C)sc1C. The molecule has 0 saturated heterocycles. The van der Waals surface area contributed by atoms with Crippen LogP contribution < -0.4 is 15.9 Å². The number of aromatic amines is 1. The van der Waals surface area contributed by atoms with E-state index in [4.69, 9.17) is 4.74 Å². The van der Waals surface area contributed by atoms with Crippen LogP contribution in [0.25, 0.3) is 0 Å². The fraction of sp³-hybridized carbons (Fsp3) is 0.276. The van der Waals surface area contributed by atoms with Crippen LogP contribution in [0.2, 0.25) is 0 Å². The number of H-pyrrole nitrogens is 1. The molecular weight excluding hydrogens is 583 g/mol. The summed E-state index contributed by atoms with van der Waals surface area (Å²) < 4.78 is 47.1. The smallest absolute Gasteiger partial charge is 0.416 e. The van der Waals surface area contributed by atoms with Crippen molar-refractivity contribution in [2.24, 2.45) is 0 Å². The largest absolute Gasteiger partial charge is 0.466 e. The third-order valence-corrected chi connectivity index (χ3v) is 8.08. The molecule has 1 aliphatic rings. The maximum atomic E-state index is 13.6. The van der Waals surface area contributed by atoms with Crippen LogP contribution in [-0.4, -0.2) is 32.8 Å². The minimum absolute atomic E-state index is 0.0173. The molecule has 5 rings (SSSR count). The van der Waals surface area contributed by atoms with Crippen LogP contribution in [0.15, 0.2) is 58.5 Å². The summed E-state index contributed by atoms with van der Waals surface area (Å²) in [6.07, 6.45) is -4.62. The van der Waals surface area contributed by atoms with Gasteiger partial charge in [0.1, 0.15) is 6.04 Å². The summed E-state index contributed by atoms with van der Waals surface area (Å²) in [6.45, 7) is 6.15. The summed E-state index contributed by atoms with van der Waals surface area (Å²) in [4.78, 5) is 33.6. The predicted octanol–water partition coefficient (Wildman–Crippen LogP) is 5.01. The van der Waals surface area contributed by atoms with Crippen molar-refractivity contribution in [2.45, 2.75) is 46.1 Å². The Kier molecular flexibility index (Phi) is 7.96. The Morgan fingerprint density at radius 1 is 1.19 bits per heavy atom. The van der Waals surface area contributed by atoms with Crippen LogP contribution in [0.4, 0.5) is 24.8 Å². The Hall–Kier alpha value is -4.74. The molecule has 2 N–H and O–H groups in total. The van der Waals surface area contributed by atoms with Gasteiger partial charge in [-0.25, -0.2) is 24.2 Å². The number of aromatic nitrogens is 4. The highest BCUT2D eigenvalue weighted by atomic mass is 32.1. The Balaban J connectivity index is 1.66. The predicted molar refractivity (Wildman–Crippen MR) is 153 cm³/mol. The first-order valence-electron chi connectivity index (χ1n) is 13.0. The second-order valence-corrected chi connectivity index (χ2v) is 11.2. The van der Waals surface area contributed by atoms with Gasteiger partial charge in [0.15, 0.2) is 0 Å². The van der Waals surface area contributed by atoms with Crippen molar-refractivity contribution in [2.75, 3.05) is 12.0 Å². The topological polar surface area (TPSA) is 129 Å². The number of carbonyl (C=O) groups excluding carboxylic acids is 1. The number of methoxy groups -OCH3 is 1. The number of alkyl halides is 3. The molecule has 14 heteroatoms. The van der Waals surface area contributed by atoms with Gasteiger partial charge in [0.05, 0.1) is 40.6 Å². The summed E-state index contributed by atoms with van der Waals surface area (Å²) in [6, 6.07) is 10.4. The van der Waals surface area contributed by atoms with Gasteiger partial charge in [-0.3, -0.25) is 4.90 Å². The Morgan fingerprint density at radius 2 is 1.95 bits per heavy atom. The number of nitrogens with one attached hydrogen (secondary N) is 2. The molecule has 43 heavy (non-hydrogen) atoms. The van der Waals surface area contributed by atoms with Crippen LogP contribution in [-0.2, 0) is 28.8 Å². The fourth-order valence-corrected chi connectivity index (χ4v) is 6.06. The van der Waals surface area contributed by atoms with E-state index in [2.05, 4.69) is 26.6 Å². The van der Waals surface area contributed by atoms with Gasteiger partial charge in [0.25, 0.3) is 0 Å². The molecule has 2 aromatic carbocycles. The van der Waals surface area contributed by atoms with E-state index >= 15 is 0 Å². The molecule has 0 bridgehead atoms. The van der Waals surface area contributed by atoms with Gasteiger partial charge < -0.3 is 10.1 Å². The molecule has 1 atom stereocenters. The number of nitrogens with zero attached hydrogens (tertiary/aromatic N) is 5. The molecule has 0 amide bonds. The van der Waals surface area contributed by atoms with E-state index in [0.29, 0.717) is 23.2 Å². The first kappa shape index (κ1) is 29.7. The van der Waals surface area contributed by atoms with Gasteiger partial charge in [0.2, 0.25) is 5.95 Å². The number of ether oxygens (including phenoxy) is 1. The number of thiazole rings is 1. The lowest BCUT2D eigenvalue weighted by Crippen LogP contribution is -2.38. The van der Waals surface area contributed by atoms with Gasteiger partial charge in [0, 0.05) is 29.4 Å². The molecule has 10 nitrogen and oxygen atoms in total. The highest BCUT2D eigenvalue weighted by Gasteiger charge is 2.41. The maximum absolute atomic E-state index is 13.6. The number of hydrogen-bond donors (Lipinski definition) is 2. The number of rotatable bonds is 7.